The monoisotopic (exact) mass is 433 g/mol. The highest BCUT2D eigenvalue weighted by molar-refractivity contribution is 7.09. The first-order chi connectivity index (χ1) is 15.1. The quantitative estimate of drug-likeness (QED) is 0.444. The summed E-state index contributed by atoms with van der Waals surface area (Å²) >= 11 is 1.67. The normalized spacial score (nSPS) is 10.9. The number of rotatable bonds is 8. The lowest BCUT2D eigenvalue weighted by Crippen LogP contribution is -2.25. The second-order valence-corrected chi connectivity index (χ2v) is 8.20. The van der Waals surface area contributed by atoms with Crippen LogP contribution in [0.1, 0.15) is 27.9 Å². The summed E-state index contributed by atoms with van der Waals surface area (Å²) in [6.07, 6.45) is 5.02. The number of nitrogens with zero attached hydrogens (tertiary/aromatic N) is 3. The number of carbonyl (C=O) groups is 2. The highest BCUT2D eigenvalue weighted by Crippen LogP contribution is 2.26. The number of thiophene rings is 1. The predicted molar refractivity (Wildman–Crippen MR) is 122 cm³/mol. The maximum atomic E-state index is 12.7. The van der Waals surface area contributed by atoms with Crippen LogP contribution in [0.25, 0.3) is 11.0 Å². The van der Waals surface area contributed by atoms with E-state index in [-0.39, 0.29) is 11.8 Å². The third-order valence-corrected chi connectivity index (χ3v) is 5.79. The van der Waals surface area contributed by atoms with E-state index in [1.807, 2.05) is 34.2 Å². The minimum atomic E-state index is -0.200. The van der Waals surface area contributed by atoms with Gasteiger partial charge in [0.05, 0.1) is 23.0 Å². The molecule has 0 unspecified atom stereocenters. The van der Waals surface area contributed by atoms with Crippen molar-refractivity contribution in [1.29, 1.82) is 0 Å². The van der Waals surface area contributed by atoms with Gasteiger partial charge in [-0.3, -0.25) is 14.6 Å². The molecule has 3 heterocycles. The Morgan fingerprint density at radius 2 is 2.00 bits per heavy atom. The van der Waals surface area contributed by atoms with E-state index in [4.69, 9.17) is 0 Å². The van der Waals surface area contributed by atoms with Gasteiger partial charge in [-0.25, -0.2) is 4.98 Å². The van der Waals surface area contributed by atoms with Gasteiger partial charge in [0.2, 0.25) is 5.91 Å². The number of aryl methyl sites for hydroxylation is 2. The summed E-state index contributed by atoms with van der Waals surface area (Å²) < 4.78 is 1.98. The molecule has 1 aromatic carbocycles. The van der Waals surface area contributed by atoms with Gasteiger partial charge in [0, 0.05) is 48.8 Å². The van der Waals surface area contributed by atoms with Crippen LogP contribution in [0.2, 0.25) is 0 Å². The van der Waals surface area contributed by atoms with E-state index in [1.54, 1.807) is 36.0 Å². The van der Waals surface area contributed by atoms with E-state index in [2.05, 4.69) is 26.7 Å². The molecule has 0 radical (unpaired) electrons. The molecule has 7 nitrogen and oxygen atoms in total. The first kappa shape index (κ1) is 20.7. The van der Waals surface area contributed by atoms with Crippen molar-refractivity contribution in [2.75, 3.05) is 11.9 Å². The van der Waals surface area contributed by atoms with Gasteiger partial charge in [0.1, 0.15) is 0 Å². The standard InChI is InChI=1S/C23H23N5O2S/c1-16(29)27-21-14-17(23(30)25-10-7-19-6-4-12-31-19)13-20-22(21)28(15-26-20)11-8-18-5-2-3-9-24-18/h2-6,9,12-15H,7-8,10-11H2,1H3,(H,25,30)(H,27,29). The lowest BCUT2D eigenvalue weighted by molar-refractivity contribution is -0.114. The molecule has 2 N–H and O–H groups in total. The number of pyridine rings is 1. The van der Waals surface area contributed by atoms with Crippen LogP contribution in [0.4, 0.5) is 5.69 Å². The SMILES string of the molecule is CC(=O)Nc1cc(C(=O)NCCc2cccs2)cc2ncn(CCc3ccccn3)c12. The third kappa shape index (κ3) is 5.16. The Bertz CT molecular complexity index is 1190. The molecule has 0 aliphatic rings. The smallest absolute Gasteiger partial charge is 0.251 e. The van der Waals surface area contributed by atoms with E-state index in [0.717, 1.165) is 24.1 Å². The van der Waals surface area contributed by atoms with E-state index >= 15 is 0 Å². The molecule has 0 spiro atoms. The van der Waals surface area contributed by atoms with Gasteiger partial charge >= 0.3 is 0 Å². The topological polar surface area (TPSA) is 88.9 Å². The summed E-state index contributed by atoms with van der Waals surface area (Å²) in [5.41, 5.74) is 3.48. The number of fused-ring (bicyclic) bond motifs is 1. The first-order valence-electron chi connectivity index (χ1n) is 10.1. The number of anilines is 1. The summed E-state index contributed by atoms with van der Waals surface area (Å²) in [7, 11) is 0. The maximum absolute atomic E-state index is 12.7. The van der Waals surface area contributed by atoms with Crippen LogP contribution in [0, 0.1) is 0 Å². The summed E-state index contributed by atoms with van der Waals surface area (Å²) in [5, 5.41) is 7.82. The second kappa shape index (κ2) is 9.53. The molecule has 0 saturated heterocycles. The predicted octanol–water partition coefficient (Wildman–Crippen LogP) is 3.67. The molecule has 0 aliphatic carbocycles. The van der Waals surface area contributed by atoms with Gasteiger partial charge in [-0.2, -0.15) is 0 Å². The van der Waals surface area contributed by atoms with Crippen molar-refractivity contribution < 1.29 is 9.59 Å². The zero-order chi connectivity index (χ0) is 21.6. The lowest BCUT2D eigenvalue weighted by Gasteiger charge is -2.12. The number of imidazole rings is 1. The Morgan fingerprint density at radius 3 is 2.74 bits per heavy atom. The molecule has 0 saturated carbocycles. The van der Waals surface area contributed by atoms with Crippen molar-refractivity contribution >= 4 is 39.9 Å². The van der Waals surface area contributed by atoms with Crippen molar-refractivity contribution in [3.05, 3.63) is 76.5 Å². The number of benzene rings is 1. The van der Waals surface area contributed by atoms with Crippen LogP contribution < -0.4 is 10.6 Å². The highest BCUT2D eigenvalue weighted by Gasteiger charge is 2.15. The van der Waals surface area contributed by atoms with Crippen LogP contribution in [0.3, 0.4) is 0 Å². The van der Waals surface area contributed by atoms with Crippen molar-refractivity contribution in [2.24, 2.45) is 0 Å². The molecule has 0 bridgehead atoms. The van der Waals surface area contributed by atoms with Gasteiger partial charge < -0.3 is 15.2 Å². The fourth-order valence-corrected chi connectivity index (χ4v) is 4.14. The van der Waals surface area contributed by atoms with Crippen LogP contribution in [0.5, 0.6) is 0 Å². The molecule has 2 amide bonds. The summed E-state index contributed by atoms with van der Waals surface area (Å²) in [6.45, 7) is 2.66. The Morgan fingerprint density at radius 1 is 1.10 bits per heavy atom. The summed E-state index contributed by atoms with van der Waals surface area (Å²) in [5.74, 6) is -0.387. The van der Waals surface area contributed by atoms with Gasteiger partial charge in [-0.1, -0.05) is 12.1 Å². The molecule has 4 aromatic rings. The summed E-state index contributed by atoms with van der Waals surface area (Å²) in [6, 6.07) is 13.3. The van der Waals surface area contributed by atoms with Gasteiger partial charge in [-0.05, 0) is 42.1 Å². The molecule has 4 rings (SSSR count). The van der Waals surface area contributed by atoms with Gasteiger partial charge in [0.15, 0.2) is 0 Å². The van der Waals surface area contributed by atoms with Gasteiger partial charge in [0.25, 0.3) is 5.91 Å². The first-order valence-corrected chi connectivity index (χ1v) is 10.9. The highest BCUT2D eigenvalue weighted by atomic mass is 32.1. The fraction of sp³-hybridized carbons (Fsp3) is 0.217. The second-order valence-electron chi connectivity index (χ2n) is 7.17. The van der Waals surface area contributed by atoms with E-state index in [0.29, 0.717) is 29.9 Å². The third-order valence-electron chi connectivity index (χ3n) is 4.86. The molecule has 3 aromatic heterocycles. The number of amides is 2. The Kier molecular flexibility index (Phi) is 6.37. The Balaban J connectivity index is 1.55. The number of carbonyl (C=O) groups excluding carboxylic acids is 2. The minimum Gasteiger partial charge on any atom is -0.352 e. The van der Waals surface area contributed by atoms with Crippen molar-refractivity contribution in [1.82, 2.24) is 19.9 Å². The van der Waals surface area contributed by atoms with E-state index < -0.39 is 0 Å². The van der Waals surface area contributed by atoms with Crippen molar-refractivity contribution in [3.8, 4) is 0 Å². The average molecular weight is 434 g/mol. The number of hydrogen-bond acceptors (Lipinski definition) is 5. The van der Waals surface area contributed by atoms with E-state index in [1.165, 1.54) is 11.8 Å². The van der Waals surface area contributed by atoms with Crippen LogP contribution >= 0.6 is 11.3 Å². The van der Waals surface area contributed by atoms with Crippen LogP contribution in [0.15, 0.2) is 60.4 Å². The van der Waals surface area contributed by atoms with Gasteiger partial charge in [-0.15, -0.1) is 11.3 Å². The maximum Gasteiger partial charge on any atom is 0.251 e. The number of nitrogens with one attached hydrogen (secondary N) is 2. The molecule has 0 aliphatic heterocycles. The molecule has 31 heavy (non-hydrogen) atoms. The zero-order valence-corrected chi connectivity index (χ0v) is 18.0. The number of aromatic nitrogens is 3. The Labute approximate surface area is 184 Å². The van der Waals surface area contributed by atoms with Crippen LogP contribution in [-0.4, -0.2) is 32.9 Å². The van der Waals surface area contributed by atoms with E-state index in [9.17, 15) is 9.59 Å². The van der Waals surface area contributed by atoms with Crippen LogP contribution in [-0.2, 0) is 24.2 Å². The Hall–Kier alpha value is -3.52. The zero-order valence-electron chi connectivity index (χ0n) is 17.2. The largest absolute Gasteiger partial charge is 0.352 e. The molecule has 0 atom stereocenters. The summed E-state index contributed by atoms with van der Waals surface area (Å²) in [4.78, 5) is 34.6. The molecular weight excluding hydrogens is 410 g/mol. The van der Waals surface area contributed by atoms with Crippen molar-refractivity contribution in [3.63, 3.8) is 0 Å². The molecule has 158 valence electrons. The molecular formula is C23H23N5O2S. The molecule has 8 heteroatoms. The molecule has 0 fully saturated rings. The average Bonchev–Trinajstić information content (AvgIpc) is 3.42. The fourth-order valence-electron chi connectivity index (χ4n) is 3.43. The van der Waals surface area contributed by atoms with Crippen molar-refractivity contribution in [2.45, 2.75) is 26.3 Å². The number of hydrogen-bond donors (Lipinski definition) is 2. The minimum absolute atomic E-state index is 0.187. The lowest BCUT2D eigenvalue weighted by atomic mass is 10.1.